The summed E-state index contributed by atoms with van der Waals surface area (Å²) in [5.41, 5.74) is 0.874. The van der Waals surface area contributed by atoms with Crippen LogP contribution in [0.1, 0.15) is 37.0 Å². The fraction of sp³-hybridized carbons (Fsp3) is 0.333. The number of hydrogen-bond acceptors (Lipinski definition) is 4. The fourth-order valence-corrected chi connectivity index (χ4v) is 3.99. The lowest BCUT2D eigenvalue weighted by Crippen LogP contribution is -2.43. The third-order valence-electron chi connectivity index (χ3n) is 4.90. The van der Waals surface area contributed by atoms with Crippen molar-refractivity contribution in [2.24, 2.45) is 0 Å². The van der Waals surface area contributed by atoms with E-state index in [1.54, 1.807) is 35.2 Å². The highest BCUT2D eigenvalue weighted by Crippen LogP contribution is 2.40. The third kappa shape index (κ3) is 4.00. The molecule has 2 aromatic carbocycles. The molecule has 2 amide bonds. The van der Waals surface area contributed by atoms with Gasteiger partial charge in [-0.2, -0.15) is 0 Å². The maximum atomic E-state index is 13.0. The standard InChI is InChI=1S/C21H20Cl2N2O4/c1-21(2)28-17-8-6-13(11-18(17)29-21)24-19(26)16-4-3-9-25(16)20(27)14-10-12(22)5-7-15(14)23/h5-8,10-11,16H,3-4,9H2,1-2H3,(H,24,26)/t16-/m0/s1. The quantitative estimate of drug-likeness (QED) is 0.756. The molecule has 152 valence electrons. The van der Waals surface area contributed by atoms with Crippen LogP contribution in [0, 0.1) is 0 Å². The molecule has 0 saturated carbocycles. The minimum atomic E-state index is -0.740. The van der Waals surface area contributed by atoms with Gasteiger partial charge in [0.15, 0.2) is 11.5 Å². The molecule has 0 aliphatic carbocycles. The second-order valence-corrected chi connectivity index (χ2v) is 8.38. The molecule has 2 heterocycles. The van der Waals surface area contributed by atoms with Gasteiger partial charge in [0.05, 0.1) is 10.6 Å². The van der Waals surface area contributed by atoms with E-state index in [9.17, 15) is 9.59 Å². The van der Waals surface area contributed by atoms with Gasteiger partial charge in [0.2, 0.25) is 11.7 Å². The van der Waals surface area contributed by atoms with Crippen molar-refractivity contribution in [3.63, 3.8) is 0 Å². The predicted molar refractivity (Wildman–Crippen MR) is 111 cm³/mol. The predicted octanol–water partition coefficient (Wildman–Crippen LogP) is 4.74. The first kappa shape index (κ1) is 19.9. The van der Waals surface area contributed by atoms with Crippen LogP contribution in [0.25, 0.3) is 0 Å². The van der Waals surface area contributed by atoms with Crippen LogP contribution in [0.5, 0.6) is 11.5 Å². The molecule has 0 bridgehead atoms. The molecule has 4 rings (SSSR count). The van der Waals surface area contributed by atoms with E-state index in [2.05, 4.69) is 5.32 Å². The first-order chi connectivity index (χ1) is 13.7. The Labute approximate surface area is 178 Å². The van der Waals surface area contributed by atoms with E-state index in [1.165, 1.54) is 6.07 Å². The number of hydrogen-bond donors (Lipinski definition) is 1. The number of benzene rings is 2. The van der Waals surface area contributed by atoms with E-state index in [0.717, 1.165) is 6.42 Å². The summed E-state index contributed by atoms with van der Waals surface area (Å²) in [6.07, 6.45) is 1.31. The van der Waals surface area contributed by atoms with Crippen molar-refractivity contribution < 1.29 is 19.1 Å². The molecule has 2 aromatic rings. The molecule has 1 N–H and O–H groups in total. The Morgan fingerprint density at radius 2 is 1.86 bits per heavy atom. The molecule has 0 radical (unpaired) electrons. The fourth-order valence-electron chi connectivity index (χ4n) is 3.62. The number of anilines is 1. The van der Waals surface area contributed by atoms with Gasteiger partial charge in [0.1, 0.15) is 6.04 Å². The minimum Gasteiger partial charge on any atom is -0.449 e. The number of halogens is 2. The molecule has 0 unspecified atom stereocenters. The van der Waals surface area contributed by atoms with Crippen molar-refractivity contribution in [2.75, 3.05) is 11.9 Å². The smallest absolute Gasteiger partial charge is 0.256 e. The van der Waals surface area contributed by atoms with Gasteiger partial charge >= 0.3 is 0 Å². The van der Waals surface area contributed by atoms with Crippen molar-refractivity contribution in [1.29, 1.82) is 0 Å². The molecule has 0 spiro atoms. The lowest BCUT2D eigenvalue weighted by atomic mass is 10.1. The average molecular weight is 435 g/mol. The highest BCUT2D eigenvalue weighted by molar-refractivity contribution is 6.35. The molecule has 29 heavy (non-hydrogen) atoms. The second kappa shape index (κ2) is 7.43. The number of likely N-dealkylation sites (tertiary alicyclic amines) is 1. The van der Waals surface area contributed by atoms with Gasteiger partial charge in [-0.1, -0.05) is 23.2 Å². The molecule has 1 fully saturated rings. The summed E-state index contributed by atoms with van der Waals surface area (Å²) >= 11 is 12.2. The van der Waals surface area contributed by atoms with Crippen LogP contribution in [0.15, 0.2) is 36.4 Å². The maximum Gasteiger partial charge on any atom is 0.256 e. The van der Waals surface area contributed by atoms with E-state index >= 15 is 0 Å². The van der Waals surface area contributed by atoms with Gasteiger partial charge in [-0.3, -0.25) is 9.59 Å². The number of amides is 2. The summed E-state index contributed by atoms with van der Waals surface area (Å²) in [5.74, 6) is -0.107. The van der Waals surface area contributed by atoms with Crippen LogP contribution in [-0.4, -0.2) is 35.1 Å². The Morgan fingerprint density at radius 3 is 2.66 bits per heavy atom. The Morgan fingerprint density at radius 1 is 1.10 bits per heavy atom. The maximum absolute atomic E-state index is 13.0. The van der Waals surface area contributed by atoms with E-state index < -0.39 is 11.8 Å². The van der Waals surface area contributed by atoms with Crippen LogP contribution in [-0.2, 0) is 4.79 Å². The largest absolute Gasteiger partial charge is 0.449 e. The third-order valence-corrected chi connectivity index (χ3v) is 5.46. The average Bonchev–Trinajstić information content (AvgIpc) is 3.25. The van der Waals surface area contributed by atoms with Crippen molar-refractivity contribution in [3.05, 3.63) is 52.0 Å². The topological polar surface area (TPSA) is 67.9 Å². The molecule has 0 aromatic heterocycles. The van der Waals surface area contributed by atoms with Crippen molar-refractivity contribution in [1.82, 2.24) is 4.90 Å². The summed E-state index contributed by atoms with van der Waals surface area (Å²) in [4.78, 5) is 27.4. The number of nitrogens with zero attached hydrogens (tertiary/aromatic N) is 1. The monoisotopic (exact) mass is 434 g/mol. The van der Waals surface area contributed by atoms with Crippen LogP contribution < -0.4 is 14.8 Å². The number of fused-ring (bicyclic) bond motifs is 1. The summed E-state index contributed by atoms with van der Waals surface area (Å²) < 4.78 is 11.4. The van der Waals surface area contributed by atoms with Gasteiger partial charge < -0.3 is 19.7 Å². The first-order valence-electron chi connectivity index (χ1n) is 9.32. The highest BCUT2D eigenvalue weighted by atomic mass is 35.5. The highest BCUT2D eigenvalue weighted by Gasteiger charge is 2.36. The zero-order chi connectivity index (χ0) is 20.8. The second-order valence-electron chi connectivity index (χ2n) is 7.54. The molecule has 2 aliphatic rings. The molecule has 8 heteroatoms. The molecular formula is C21H20Cl2N2O4. The van der Waals surface area contributed by atoms with E-state index in [-0.39, 0.29) is 11.8 Å². The van der Waals surface area contributed by atoms with E-state index in [1.807, 2.05) is 13.8 Å². The van der Waals surface area contributed by atoms with Crippen LogP contribution in [0.3, 0.4) is 0 Å². The molecule has 1 saturated heterocycles. The number of rotatable bonds is 3. The molecule has 6 nitrogen and oxygen atoms in total. The Balaban J connectivity index is 1.50. The van der Waals surface area contributed by atoms with Crippen LogP contribution >= 0.6 is 23.2 Å². The number of nitrogens with one attached hydrogen (secondary N) is 1. The zero-order valence-electron chi connectivity index (χ0n) is 16.0. The number of carbonyl (C=O) groups is 2. The Kier molecular flexibility index (Phi) is 5.09. The lowest BCUT2D eigenvalue weighted by molar-refractivity contribution is -0.119. The van der Waals surface area contributed by atoms with Gasteiger partial charge in [-0.05, 0) is 43.2 Å². The van der Waals surface area contributed by atoms with Crippen molar-refractivity contribution in [2.45, 2.75) is 38.5 Å². The first-order valence-corrected chi connectivity index (χ1v) is 10.1. The summed E-state index contributed by atoms with van der Waals surface area (Å²) in [7, 11) is 0. The summed E-state index contributed by atoms with van der Waals surface area (Å²) in [6.45, 7) is 4.11. The summed E-state index contributed by atoms with van der Waals surface area (Å²) in [5, 5.41) is 3.60. The minimum absolute atomic E-state index is 0.257. The molecular weight excluding hydrogens is 415 g/mol. The normalized spacial score (nSPS) is 19.3. The van der Waals surface area contributed by atoms with E-state index in [0.29, 0.717) is 45.8 Å². The molecule has 2 aliphatic heterocycles. The van der Waals surface area contributed by atoms with Gasteiger partial charge in [0.25, 0.3) is 5.91 Å². The Bertz CT molecular complexity index is 993. The lowest BCUT2D eigenvalue weighted by Gasteiger charge is -2.24. The van der Waals surface area contributed by atoms with Gasteiger partial charge in [0, 0.05) is 37.2 Å². The zero-order valence-corrected chi connectivity index (χ0v) is 17.5. The molecule has 1 atom stereocenters. The number of carbonyl (C=O) groups excluding carboxylic acids is 2. The van der Waals surface area contributed by atoms with Crippen molar-refractivity contribution in [3.8, 4) is 11.5 Å². The van der Waals surface area contributed by atoms with E-state index in [4.69, 9.17) is 32.7 Å². The number of ether oxygens (including phenoxy) is 2. The SMILES string of the molecule is CC1(C)Oc2ccc(NC(=O)[C@@H]3CCCN3C(=O)c3cc(Cl)ccc3Cl)cc2O1. The summed E-state index contributed by atoms with van der Waals surface area (Å²) in [6, 6.07) is 9.36. The van der Waals surface area contributed by atoms with Crippen LogP contribution in [0.4, 0.5) is 5.69 Å². The van der Waals surface area contributed by atoms with Gasteiger partial charge in [-0.25, -0.2) is 0 Å². The van der Waals surface area contributed by atoms with Crippen LogP contribution in [0.2, 0.25) is 10.0 Å². The van der Waals surface area contributed by atoms with Gasteiger partial charge in [-0.15, -0.1) is 0 Å². The van der Waals surface area contributed by atoms with Crippen molar-refractivity contribution >= 4 is 40.7 Å². The Hall–Kier alpha value is -2.44.